The van der Waals surface area contributed by atoms with Gasteiger partial charge in [-0.3, -0.25) is 4.79 Å². The number of hydrogen-bond acceptors (Lipinski definition) is 2. The predicted octanol–water partition coefficient (Wildman–Crippen LogP) is 2.77. The van der Waals surface area contributed by atoms with E-state index < -0.39 is 0 Å². The first-order chi connectivity index (χ1) is 6.00. The number of rotatable bonds is 1. The van der Waals surface area contributed by atoms with E-state index in [0.717, 1.165) is 0 Å². The van der Waals surface area contributed by atoms with Gasteiger partial charge in [-0.2, -0.15) is 0 Å². The lowest BCUT2D eigenvalue weighted by Gasteiger charge is -2.06. The smallest absolute Gasteiger partial charge is 0.221 e. The molecule has 0 heterocycles. The van der Waals surface area contributed by atoms with Crippen LogP contribution in [-0.2, 0) is 4.79 Å². The van der Waals surface area contributed by atoms with Crippen molar-refractivity contribution in [1.29, 1.82) is 0 Å². The quantitative estimate of drug-likeness (QED) is 0.819. The van der Waals surface area contributed by atoms with Crippen LogP contribution in [0.25, 0.3) is 0 Å². The normalized spacial score (nSPS) is 9.77. The Hall–Kier alpha value is -0.740. The maximum atomic E-state index is 10.7. The molecule has 70 valence electrons. The average molecular weight is 265 g/mol. The molecule has 1 amide bonds. The Labute approximate surface area is 88.8 Å². The van der Waals surface area contributed by atoms with E-state index in [1.807, 2.05) is 0 Å². The van der Waals surface area contributed by atoms with Gasteiger partial charge in [-0.1, -0.05) is 11.6 Å². The Morgan fingerprint density at radius 1 is 1.62 bits per heavy atom. The van der Waals surface area contributed by atoms with Crippen molar-refractivity contribution in [3.8, 4) is 5.75 Å². The first-order valence-corrected chi connectivity index (χ1v) is 4.63. The number of aromatic hydroxyl groups is 1. The summed E-state index contributed by atoms with van der Waals surface area (Å²) < 4.78 is 0.492. The second-order valence-corrected chi connectivity index (χ2v) is 3.73. The maximum Gasteiger partial charge on any atom is 0.221 e. The van der Waals surface area contributed by atoms with Crippen LogP contribution < -0.4 is 5.32 Å². The Morgan fingerprint density at radius 2 is 2.23 bits per heavy atom. The highest BCUT2D eigenvalue weighted by Gasteiger charge is 2.06. The third kappa shape index (κ3) is 2.60. The largest absolute Gasteiger partial charge is 0.507 e. The van der Waals surface area contributed by atoms with Gasteiger partial charge in [-0.05, 0) is 22.0 Å². The Bertz CT molecular complexity index is 354. The monoisotopic (exact) mass is 263 g/mol. The summed E-state index contributed by atoms with van der Waals surface area (Å²) in [5, 5.41) is 12.1. The SMILES string of the molecule is CC(=O)Nc1cc(O)c(Br)cc1Cl. The molecule has 0 bridgehead atoms. The molecule has 5 heteroatoms. The molecule has 0 saturated carbocycles. The summed E-state index contributed by atoms with van der Waals surface area (Å²) in [6, 6.07) is 2.90. The molecule has 1 rings (SSSR count). The molecule has 0 aromatic heterocycles. The number of amides is 1. The number of hydrogen-bond donors (Lipinski definition) is 2. The van der Waals surface area contributed by atoms with E-state index in [2.05, 4.69) is 21.2 Å². The molecular formula is C8H7BrClNO2. The molecule has 0 atom stereocenters. The number of carbonyl (C=O) groups excluding carboxylic acids is 1. The van der Waals surface area contributed by atoms with Crippen LogP contribution in [0.4, 0.5) is 5.69 Å². The molecule has 0 aliphatic rings. The van der Waals surface area contributed by atoms with Gasteiger partial charge in [0.1, 0.15) is 5.75 Å². The van der Waals surface area contributed by atoms with E-state index in [1.54, 1.807) is 0 Å². The van der Waals surface area contributed by atoms with Gasteiger partial charge < -0.3 is 10.4 Å². The molecule has 1 aromatic rings. The van der Waals surface area contributed by atoms with E-state index in [1.165, 1.54) is 19.1 Å². The van der Waals surface area contributed by atoms with Crippen LogP contribution in [0, 0.1) is 0 Å². The van der Waals surface area contributed by atoms with Crippen LogP contribution in [0.3, 0.4) is 0 Å². The van der Waals surface area contributed by atoms with Gasteiger partial charge in [-0.25, -0.2) is 0 Å². The summed E-state index contributed by atoms with van der Waals surface area (Å²) >= 11 is 8.89. The number of benzene rings is 1. The minimum atomic E-state index is -0.233. The van der Waals surface area contributed by atoms with E-state index in [-0.39, 0.29) is 11.7 Å². The van der Waals surface area contributed by atoms with Crippen LogP contribution in [0.15, 0.2) is 16.6 Å². The van der Waals surface area contributed by atoms with Crippen LogP contribution in [0.1, 0.15) is 6.92 Å². The summed E-state index contributed by atoms with van der Waals surface area (Å²) in [5.74, 6) is -0.197. The molecule has 13 heavy (non-hydrogen) atoms. The van der Waals surface area contributed by atoms with Crippen molar-refractivity contribution in [2.75, 3.05) is 5.32 Å². The highest BCUT2D eigenvalue weighted by atomic mass is 79.9. The number of phenolic OH excluding ortho intramolecular Hbond substituents is 1. The number of halogens is 2. The van der Waals surface area contributed by atoms with Crippen molar-refractivity contribution < 1.29 is 9.90 Å². The Morgan fingerprint density at radius 3 is 2.77 bits per heavy atom. The first-order valence-electron chi connectivity index (χ1n) is 3.46. The molecule has 0 radical (unpaired) electrons. The zero-order valence-corrected chi connectivity index (χ0v) is 9.11. The molecular weight excluding hydrogens is 257 g/mol. The molecule has 0 spiro atoms. The van der Waals surface area contributed by atoms with Crippen LogP contribution in [0.5, 0.6) is 5.75 Å². The highest BCUT2D eigenvalue weighted by Crippen LogP contribution is 2.33. The van der Waals surface area contributed by atoms with Crippen molar-refractivity contribution in [2.45, 2.75) is 6.92 Å². The number of nitrogens with one attached hydrogen (secondary N) is 1. The molecule has 0 fully saturated rings. The van der Waals surface area contributed by atoms with Gasteiger partial charge in [0, 0.05) is 13.0 Å². The van der Waals surface area contributed by atoms with Crippen molar-refractivity contribution >= 4 is 39.1 Å². The summed E-state index contributed by atoms with van der Waals surface area (Å²) in [7, 11) is 0. The van der Waals surface area contributed by atoms with E-state index >= 15 is 0 Å². The van der Waals surface area contributed by atoms with E-state index in [4.69, 9.17) is 11.6 Å². The molecule has 0 saturated heterocycles. The standard InChI is InChI=1S/C8H7BrClNO2/c1-4(12)11-7-3-8(13)5(9)2-6(7)10/h2-3,13H,1H3,(H,11,12). The fourth-order valence-electron chi connectivity index (χ4n) is 0.823. The number of phenols is 1. The van der Waals surface area contributed by atoms with Crippen LogP contribution in [0.2, 0.25) is 5.02 Å². The fourth-order valence-corrected chi connectivity index (χ4v) is 1.51. The summed E-state index contributed by atoms with van der Waals surface area (Å²) in [5.41, 5.74) is 0.398. The van der Waals surface area contributed by atoms with Gasteiger partial charge in [0.05, 0.1) is 15.2 Å². The van der Waals surface area contributed by atoms with Crippen molar-refractivity contribution in [3.63, 3.8) is 0 Å². The highest BCUT2D eigenvalue weighted by molar-refractivity contribution is 9.10. The number of carbonyl (C=O) groups is 1. The lowest BCUT2D eigenvalue weighted by molar-refractivity contribution is -0.114. The van der Waals surface area contributed by atoms with E-state index in [9.17, 15) is 9.90 Å². The molecule has 2 N–H and O–H groups in total. The zero-order chi connectivity index (χ0) is 10.0. The Balaban J connectivity index is 3.08. The number of anilines is 1. The fraction of sp³-hybridized carbons (Fsp3) is 0.125. The van der Waals surface area contributed by atoms with Gasteiger partial charge >= 0.3 is 0 Å². The van der Waals surface area contributed by atoms with Gasteiger partial charge in [0.2, 0.25) is 5.91 Å². The molecule has 0 aliphatic carbocycles. The molecule has 0 aliphatic heterocycles. The van der Waals surface area contributed by atoms with Gasteiger partial charge in [-0.15, -0.1) is 0 Å². The second kappa shape index (κ2) is 3.98. The summed E-state index contributed by atoms with van der Waals surface area (Å²) in [6.45, 7) is 1.37. The van der Waals surface area contributed by atoms with Crippen molar-refractivity contribution in [2.24, 2.45) is 0 Å². The third-order valence-electron chi connectivity index (χ3n) is 1.35. The summed E-state index contributed by atoms with van der Waals surface area (Å²) in [4.78, 5) is 10.7. The van der Waals surface area contributed by atoms with Crippen LogP contribution >= 0.6 is 27.5 Å². The zero-order valence-electron chi connectivity index (χ0n) is 6.77. The predicted molar refractivity (Wildman–Crippen MR) is 55.1 cm³/mol. The second-order valence-electron chi connectivity index (χ2n) is 2.46. The summed E-state index contributed by atoms with van der Waals surface area (Å²) in [6.07, 6.45) is 0. The molecule has 1 aromatic carbocycles. The maximum absolute atomic E-state index is 10.7. The topological polar surface area (TPSA) is 49.3 Å². The minimum Gasteiger partial charge on any atom is -0.507 e. The molecule has 3 nitrogen and oxygen atoms in total. The van der Waals surface area contributed by atoms with Gasteiger partial charge in [0.25, 0.3) is 0 Å². The van der Waals surface area contributed by atoms with Crippen molar-refractivity contribution in [1.82, 2.24) is 0 Å². The minimum absolute atomic E-state index is 0.0353. The van der Waals surface area contributed by atoms with E-state index in [0.29, 0.717) is 15.2 Å². The van der Waals surface area contributed by atoms with Crippen LogP contribution in [-0.4, -0.2) is 11.0 Å². The van der Waals surface area contributed by atoms with Gasteiger partial charge in [0.15, 0.2) is 0 Å². The van der Waals surface area contributed by atoms with Crippen molar-refractivity contribution in [3.05, 3.63) is 21.6 Å². The third-order valence-corrected chi connectivity index (χ3v) is 2.30. The lowest BCUT2D eigenvalue weighted by Crippen LogP contribution is -2.05. The Kier molecular flexibility index (Phi) is 3.17. The first kappa shape index (κ1) is 10.3. The lowest BCUT2D eigenvalue weighted by atomic mass is 10.3. The average Bonchev–Trinajstić information content (AvgIpc) is 1.99. The molecule has 0 unspecified atom stereocenters.